The normalized spacial score (nSPS) is 21.4. The highest BCUT2D eigenvalue weighted by molar-refractivity contribution is 6.08. The number of rotatable bonds is 6. The summed E-state index contributed by atoms with van der Waals surface area (Å²) in [7, 11) is 0. The molecule has 2 aliphatic rings. The van der Waals surface area contributed by atoms with Crippen LogP contribution in [-0.2, 0) is 9.59 Å². The molecule has 0 radical (unpaired) electrons. The van der Waals surface area contributed by atoms with E-state index in [4.69, 9.17) is 4.52 Å². The van der Waals surface area contributed by atoms with E-state index in [1.807, 2.05) is 19.1 Å². The van der Waals surface area contributed by atoms with Gasteiger partial charge in [-0.2, -0.15) is 0 Å². The van der Waals surface area contributed by atoms with Crippen molar-refractivity contribution in [1.29, 1.82) is 0 Å². The fourth-order valence-corrected chi connectivity index (χ4v) is 4.86. The van der Waals surface area contributed by atoms with Crippen LogP contribution in [0.2, 0.25) is 0 Å². The first kappa shape index (κ1) is 23.9. The number of aliphatic hydroxyl groups excluding tert-OH is 1. The van der Waals surface area contributed by atoms with Gasteiger partial charge in [0.1, 0.15) is 11.8 Å². The van der Waals surface area contributed by atoms with Gasteiger partial charge in [-0.3, -0.25) is 14.5 Å². The summed E-state index contributed by atoms with van der Waals surface area (Å²) < 4.78 is 32.6. The summed E-state index contributed by atoms with van der Waals surface area (Å²) in [5.41, 5.74) is 3.60. The van der Waals surface area contributed by atoms with Crippen LogP contribution < -0.4 is 15.5 Å². The Morgan fingerprint density at radius 1 is 1.11 bits per heavy atom. The molecule has 0 spiro atoms. The summed E-state index contributed by atoms with van der Waals surface area (Å²) in [5, 5.41) is 20.0. The van der Waals surface area contributed by atoms with Gasteiger partial charge in [0.25, 0.3) is 0 Å². The van der Waals surface area contributed by atoms with Crippen LogP contribution in [0.4, 0.5) is 25.8 Å². The van der Waals surface area contributed by atoms with Gasteiger partial charge in [0.05, 0.1) is 23.2 Å². The highest BCUT2D eigenvalue weighted by Gasteiger charge is 2.38. The van der Waals surface area contributed by atoms with Crippen molar-refractivity contribution in [3.8, 4) is 11.1 Å². The van der Waals surface area contributed by atoms with Gasteiger partial charge in [-0.1, -0.05) is 11.2 Å². The molecule has 3 N–H and O–H groups in total. The number of carbonyl (C=O) groups excluding carboxylic acids is 2. The monoisotopic (exact) mass is 496 g/mol. The zero-order chi connectivity index (χ0) is 25.6. The van der Waals surface area contributed by atoms with Gasteiger partial charge < -0.3 is 20.3 Å². The Bertz CT molecular complexity index is 1320. The lowest BCUT2D eigenvalue weighted by Crippen LogP contribution is -2.42. The minimum atomic E-state index is -1.09. The number of carbonyl (C=O) groups is 2. The van der Waals surface area contributed by atoms with Crippen LogP contribution in [0, 0.1) is 25.5 Å². The fraction of sp³-hybridized carbons (Fsp3) is 0.346. The molecule has 1 saturated heterocycles. The molecule has 3 aromatic rings. The number of nitrogens with zero attached hydrogens (tertiary/aromatic N) is 2. The predicted molar refractivity (Wildman–Crippen MR) is 130 cm³/mol. The number of hydrogen-bond donors (Lipinski definition) is 3. The zero-order valence-electron chi connectivity index (χ0n) is 19.8. The van der Waals surface area contributed by atoms with Gasteiger partial charge in [-0.05, 0) is 62.9 Å². The van der Waals surface area contributed by atoms with Crippen molar-refractivity contribution in [3.63, 3.8) is 0 Å². The molecule has 188 valence electrons. The summed E-state index contributed by atoms with van der Waals surface area (Å²) in [6.45, 7) is 3.63. The number of amides is 2. The second-order valence-corrected chi connectivity index (χ2v) is 9.33. The number of aryl methyl sites for hydroxylation is 2. The molecule has 10 heteroatoms. The molecule has 5 rings (SSSR count). The highest BCUT2D eigenvalue weighted by Crippen LogP contribution is 2.36. The van der Waals surface area contributed by atoms with Crippen LogP contribution in [0.1, 0.15) is 37.1 Å². The summed E-state index contributed by atoms with van der Waals surface area (Å²) in [6.07, 6.45) is 1.20. The minimum absolute atomic E-state index is 0.0623. The van der Waals surface area contributed by atoms with E-state index in [0.717, 1.165) is 23.3 Å². The minimum Gasteiger partial charge on any atom is -0.393 e. The molecule has 1 atom stereocenters. The number of aromatic nitrogens is 1. The Morgan fingerprint density at radius 3 is 2.56 bits per heavy atom. The Morgan fingerprint density at radius 2 is 1.89 bits per heavy atom. The molecule has 8 nitrogen and oxygen atoms in total. The molecule has 2 aromatic carbocycles. The first-order chi connectivity index (χ1) is 17.2. The third kappa shape index (κ3) is 4.44. The van der Waals surface area contributed by atoms with Gasteiger partial charge in [-0.15, -0.1) is 0 Å². The van der Waals surface area contributed by atoms with Crippen LogP contribution >= 0.6 is 0 Å². The SMILES string of the molecule is Cc1noc(C)c1-c1ccc(N[C@H]2C[C@H](O)C2)c(NC(=O)[C@@H]2CCC(=O)N2c2ccc(F)c(F)c2)c1. The van der Waals surface area contributed by atoms with Crippen LogP contribution in [0.3, 0.4) is 0 Å². The highest BCUT2D eigenvalue weighted by atomic mass is 19.2. The number of anilines is 3. The van der Waals surface area contributed by atoms with E-state index in [1.54, 1.807) is 13.0 Å². The molecule has 1 aromatic heterocycles. The lowest BCUT2D eigenvalue weighted by Gasteiger charge is -2.33. The van der Waals surface area contributed by atoms with Crippen molar-refractivity contribution in [1.82, 2.24) is 5.16 Å². The van der Waals surface area contributed by atoms with Crippen LogP contribution in [0.25, 0.3) is 11.1 Å². The zero-order valence-corrected chi connectivity index (χ0v) is 19.8. The van der Waals surface area contributed by atoms with E-state index < -0.39 is 23.6 Å². The predicted octanol–water partition coefficient (Wildman–Crippen LogP) is 4.31. The second-order valence-electron chi connectivity index (χ2n) is 9.33. The molecule has 0 bridgehead atoms. The third-order valence-electron chi connectivity index (χ3n) is 6.77. The van der Waals surface area contributed by atoms with Gasteiger partial charge >= 0.3 is 0 Å². The number of nitrogens with one attached hydrogen (secondary N) is 2. The third-order valence-corrected chi connectivity index (χ3v) is 6.77. The van der Waals surface area contributed by atoms with E-state index in [2.05, 4.69) is 15.8 Å². The number of benzene rings is 2. The molecule has 1 saturated carbocycles. The average Bonchev–Trinajstić information content (AvgIpc) is 3.37. The number of aliphatic hydroxyl groups is 1. The van der Waals surface area contributed by atoms with E-state index in [-0.39, 0.29) is 36.6 Å². The van der Waals surface area contributed by atoms with Crippen molar-refractivity contribution < 1.29 is 28.0 Å². The Hall–Kier alpha value is -3.79. The molecule has 2 fully saturated rings. The van der Waals surface area contributed by atoms with Crippen molar-refractivity contribution in [2.45, 2.75) is 57.7 Å². The van der Waals surface area contributed by atoms with Crippen molar-refractivity contribution >= 4 is 28.9 Å². The van der Waals surface area contributed by atoms with Gasteiger partial charge in [0, 0.05) is 29.8 Å². The molecular formula is C26H26F2N4O4. The first-order valence-corrected chi connectivity index (χ1v) is 11.8. The summed E-state index contributed by atoms with van der Waals surface area (Å²) >= 11 is 0. The van der Waals surface area contributed by atoms with Gasteiger partial charge in [0.2, 0.25) is 11.8 Å². The van der Waals surface area contributed by atoms with E-state index in [1.165, 1.54) is 11.0 Å². The van der Waals surface area contributed by atoms with E-state index in [9.17, 15) is 23.5 Å². The van der Waals surface area contributed by atoms with Crippen molar-refractivity contribution in [2.75, 3.05) is 15.5 Å². The van der Waals surface area contributed by atoms with Crippen molar-refractivity contribution in [3.05, 3.63) is 59.5 Å². The van der Waals surface area contributed by atoms with Gasteiger partial charge in [0.15, 0.2) is 11.6 Å². The maximum absolute atomic E-state index is 13.9. The summed E-state index contributed by atoms with van der Waals surface area (Å²) in [6, 6.07) is 7.87. The Balaban J connectivity index is 1.45. The maximum Gasteiger partial charge on any atom is 0.247 e. The van der Waals surface area contributed by atoms with Crippen LogP contribution in [0.15, 0.2) is 40.9 Å². The number of halogens is 2. The largest absolute Gasteiger partial charge is 0.393 e. The molecule has 36 heavy (non-hydrogen) atoms. The lowest BCUT2D eigenvalue weighted by molar-refractivity contribution is -0.120. The van der Waals surface area contributed by atoms with Gasteiger partial charge in [-0.25, -0.2) is 8.78 Å². The van der Waals surface area contributed by atoms with Crippen LogP contribution in [-0.4, -0.2) is 40.3 Å². The second kappa shape index (κ2) is 9.34. The molecular weight excluding hydrogens is 470 g/mol. The van der Waals surface area contributed by atoms with E-state index in [0.29, 0.717) is 35.7 Å². The Kier molecular flexibility index (Phi) is 6.21. The molecule has 0 unspecified atom stereocenters. The summed E-state index contributed by atoms with van der Waals surface area (Å²) in [4.78, 5) is 27.2. The quantitative estimate of drug-likeness (QED) is 0.470. The summed E-state index contributed by atoms with van der Waals surface area (Å²) in [5.74, 6) is -2.27. The molecule has 2 amide bonds. The fourth-order valence-electron chi connectivity index (χ4n) is 4.86. The molecule has 1 aliphatic heterocycles. The standard InChI is InChI=1S/C26H26F2N4O4/c1-13-25(14(2)36-31-13)15-3-6-21(29-16-10-18(33)11-16)22(9-15)30-26(35)23-7-8-24(34)32(23)17-4-5-19(27)20(28)12-17/h3-6,9,12,16,18,23,29,33H,7-8,10-11H2,1-2H3,(H,30,35)/t16-,18-,23-/m0/s1. The molecule has 2 heterocycles. The maximum atomic E-state index is 13.9. The topological polar surface area (TPSA) is 108 Å². The lowest BCUT2D eigenvalue weighted by atomic mass is 9.89. The van der Waals surface area contributed by atoms with Crippen LogP contribution in [0.5, 0.6) is 0 Å². The van der Waals surface area contributed by atoms with Crippen molar-refractivity contribution in [2.24, 2.45) is 0 Å². The smallest absolute Gasteiger partial charge is 0.247 e. The van der Waals surface area contributed by atoms with E-state index >= 15 is 0 Å². The Labute approximate surface area is 206 Å². The average molecular weight is 497 g/mol. The number of hydrogen-bond acceptors (Lipinski definition) is 6. The first-order valence-electron chi connectivity index (χ1n) is 11.8. The molecule has 1 aliphatic carbocycles.